The minimum Gasteiger partial charge on any atom is -0.475 e. The maximum atomic E-state index is 11.1. The van der Waals surface area contributed by atoms with E-state index in [0.717, 1.165) is 0 Å². The standard InChI is InChI=1S/C10H12N2O3.C2HF3O2/c1-15-10(14)7-2-4-8(5-3-7)12-9(13)6-11;3-2(4,5)1(6)7/h2-5H,6,11H2,1H3,(H,12,13);(H,6,7). The molecule has 1 aromatic rings. The number of nitrogens with one attached hydrogen (secondary N) is 1. The van der Waals surface area contributed by atoms with Gasteiger partial charge in [0.2, 0.25) is 5.91 Å². The maximum absolute atomic E-state index is 11.1. The Morgan fingerprint density at radius 2 is 1.68 bits per heavy atom. The van der Waals surface area contributed by atoms with Crippen LogP contribution in [0.4, 0.5) is 18.9 Å². The van der Waals surface area contributed by atoms with E-state index in [1.165, 1.54) is 7.11 Å². The Balaban J connectivity index is 0.000000534. The monoisotopic (exact) mass is 322 g/mol. The van der Waals surface area contributed by atoms with Gasteiger partial charge in [0.05, 0.1) is 19.2 Å². The topological polar surface area (TPSA) is 119 Å². The van der Waals surface area contributed by atoms with Crippen LogP contribution in [0, 0.1) is 0 Å². The van der Waals surface area contributed by atoms with Crippen molar-refractivity contribution in [2.75, 3.05) is 19.0 Å². The summed E-state index contributed by atoms with van der Waals surface area (Å²) < 4.78 is 36.3. The first-order valence-corrected chi connectivity index (χ1v) is 5.60. The number of hydrogen-bond donors (Lipinski definition) is 3. The number of nitrogens with two attached hydrogens (primary N) is 1. The smallest absolute Gasteiger partial charge is 0.475 e. The second kappa shape index (κ2) is 8.62. The van der Waals surface area contributed by atoms with E-state index in [4.69, 9.17) is 15.6 Å². The molecule has 0 aliphatic rings. The molecule has 7 nitrogen and oxygen atoms in total. The van der Waals surface area contributed by atoms with Crippen LogP contribution in [0.15, 0.2) is 24.3 Å². The van der Waals surface area contributed by atoms with Crippen LogP contribution in [-0.2, 0) is 14.3 Å². The first kappa shape index (κ1) is 19.4. The van der Waals surface area contributed by atoms with E-state index >= 15 is 0 Å². The Labute approximate surface area is 122 Å². The molecular weight excluding hydrogens is 309 g/mol. The van der Waals surface area contributed by atoms with E-state index in [-0.39, 0.29) is 12.5 Å². The molecule has 0 saturated heterocycles. The number of methoxy groups -OCH3 is 1. The molecule has 122 valence electrons. The van der Waals surface area contributed by atoms with E-state index in [1.807, 2.05) is 0 Å². The zero-order valence-electron chi connectivity index (χ0n) is 11.3. The molecule has 0 aromatic heterocycles. The normalized spacial score (nSPS) is 10.0. The van der Waals surface area contributed by atoms with E-state index in [9.17, 15) is 22.8 Å². The molecule has 0 spiro atoms. The van der Waals surface area contributed by atoms with Crippen molar-refractivity contribution >= 4 is 23.5 Å². The molecular formula is C12H13F3N2O5. The molecule has 0 radical (unpaired) electrons. The molecule has 1 amide bonds. The number of carboxylic acid groups (broad SMARTS) is 1. The van der Waals surface area contributed by atoms with Crippen LogP contribution < -0.4 is 11.1 Å². The summed E-state index contributed by atoms with van der Waals surface area (Å²) in [7, 11) is 1.31. The lowest BCUT2D eigenvalue weighted by Gasteiger charge is -2.04. The van der Waals surface area contributed by atoms with Crippen molar-refractivity contribution in [2.24, 2.45) is 5.73 Å². The minimum absolute atomic E-state index is 0.0707. The Kier molecular flexibility index (Phi) is 7.59. The van der Waals surface area contributed by atoms with Crippen LogP contribution in [0.25, 0.3) is 0 Å². The van der Waals surface area contributed by atoms with Gasteiger partial charge >= 0.3 is 18.1 Å². The molecule has 22 heavy (non-hydrogen) atoms. The number of carbonyl (C=O) groups excluding carboxylic acids is 2. The fourth-order valence-corrected chi connectivity index (χ4v) is 1.02. The first-order chi connectivity index (χ1) is 10.1. The quantitative estimate of drug-likeness (QED) is 0.715. The number of esters is 1. The number of aliphatic carboxylic acids is 1. The van der Waals surface area contributed by atoms with Gasteiger partial charge in [-0.3, -0.25) is 4.79 Å². The number of rotatable bonds is 3. The van der Waals surface area contributed by atoms with E-state index in [2.05, 4.69) is 10.1 Å². The maximum Gasteiger partial charge on any atom is 0.490 e. The molecule has 0 bridgehead atoms. The highest BCUT2D eigenvalue weighted by molar-refractivity contribution is 5.93. The predicted octanol–water partition coefficient (Wildman–Crippen LogP) is 1.00. The lowest BCUT2D eigenvalue weighted by Crippen LogP contribution is -2.21. The van der Waals surface area contributed by atoms with Crippen LogP contribution in [-0.4, -0.2) is 42.8 Å². The summed E-state index contributed by atoms with van der Waals surface area (Å²) in [5, 5.41) is 9.68. The Hall–Kier alpha value is -2.62. The lowest BCUT2D eigenvalue weighted by molar-refractivity contribution is -0.192. The highest BCUT2D eigenvalue weighted by Crippen LogP contribution is 2.13. The molecule has 0 fully saturated rings. The Morgan fingerprint density at radius 1 is 1.23 bits per heavy atom. The number of amides is 1. The van der Waals surface area contributed by atoms with Crippen molar-refractivity contribution in [3.63, 3.8) is 0 Å². The van der Waals surface area contributed by atoms with Gasteiger partial charge in [0.25, 0.3) is 0 Å². The molecule has 4 N–H and O–H groups in total. The number of benzene rings is 1. The van der Waals surface area contributed by atoms with Crippen molar-refractivity contribution in [1.82, 2.24) is 0 Å². The molecule has 0 aliphatic heterocycles. The molecule has 0 aliphatic carbocycles. The summed E-state index contributed by atoms with van der Waals surface area (Å²) >= 11 is 0. The van der Waals surface area contributed by atoms with Crippen LogP contribution in [0.1, 0.15) is 10.4 Å². The van der Waals surface area contributed by atoms with Gasteiger partial charge in [-0.25, -0.2) is 9.59 Å². The molecule has 0 saturated carbocycles. The summed E-state index contributed by atoms with van der Waals surface area (Å²) in [5.41, 5.74) is 6.16. The highest BCUT2D eigenvalue weighted by Gasteiger charge is 2.38. The van der Waals surface area contributed by atoms with E-state index in [1.54, 1.807) is 24.3 Å². The van der Waals surface area contributed by atoms with Gasteiger partial charge in [-0.15, -0.1) is 0 Å². The molecule has 0 unspecified atom stereocenters. The summed E-state index contributed by atoms with van der Waals surface area (Å²) in [6, 6.07) is 6.36. The van der Waals surface area contributed by atoms with Crippen LogP contribution in [0.2, 0.25) is 0 Å². The zero-order chi connectivity index (χ0) is 17.3. The van der Waals surface area contributed by atoms with Gasteiger partial charge in [0, 0.05) is 5.69 Å². The van der Waals surface area contributed by atoms with Crippen LogP contribution in [0.3, 0.4) is 0 Å². The predicted molar refractivity (Wildman–Crippen MR) is 69.2 cm³/mol. The van der Waals surface area contributed by atoms with Gasteiger partial charge in [-0.05, 0) is 24.3 Å². The third-order valence-corrected chi connectivity index (χ3v) is 2.02. The van der Waals surface area contributed by atoms with E-state index in [0.29, 0.717) is 11.3 Å². The lowest BCUT2D eigenvalue weighted by atomic mass is 10.2. The van der Waals surface area contributed by atoms with Gasteiger partial charge < -0.3 is 20.9 Å². The van der Waals surface area contributed by atoms with E-state index < -0.39 is 18.1 Å². The third-order valence-electron chi connectivity index (χ3n) is 2.02. The second-order valence-corrected chi connectivity index (χ2v) is 3.62. The van der Waals surface area contributed by atoms with Crippen molar-refractivity contribution in [3.8, 4) is 0 Å². The van der Waals surface area contributed by atoms with Crippen LogP contribution in [0.5, 0.6) is 0 Å². The average molecular weight is 322 g/mol. The van der Waals surface area contributed by atoms with Crippen molar-refractivity contribution in [3.05, 3.63) is 29.8 Å². The first-order valence-electron chi connectivity index (χ1n) is 5.60. The Bertz CT molecular complexity index is 529. The highest BCUT2D eigenvalue weighted by atomic mass is 19.4. The summed E-state index contributed by atoms with van der Waals surface area (Å²) in [5.74, 6) is -3.44. The average Bonchev–Trinajstić information content (AvgIpc) is 2.46. The van der Waals surface area contributed by atoms with Gasteiger partial charge in [-0.2, -0.15) is 13.2 Å². The third kappa shape index (κ3) is 7.24. The van der Waals surface area contributed by atoms with Crippen molar-refractivity contribution in [1.29, 1.82) is 0 Å². The molecule has 0 heterocycles. The number of alkyl halides is 3. The molecule has 10 heteroatoms. The Morgan fingerprint density at radius 3 is 2.00 bits per heavy atom. The number of hydrogen-bond acceptors (Lipinski definition) is 5. The van der Waals surface area contributed by atoms with Crippen molar-refractivity contribution < 1.29 is 37.4 Å². The molecule has 0 atom stereocenters. The largest absolute Gasteiger partial charge is 0.490 e. The molecule has 1 rings (SSSR count). The van der Waals surface area contributed by atoms with Gasteiger partial charge in [0.15, 0.2) is 0 Å². The number of anilines is 1. The number of carbonyl (C=O) groups is 3. The SMILES string of the molecule is COC(=O)c1ccc(NC(=O)CN)cc1.O=C(O)C(F)(F)F. The molecule has 1 aromatic carbocycles. The second-order valence-electron chi connectivity index (χ2n) is 3.62. The summed E-state index contributed by atoms with van der Waals surface area (Å²) in [4.78, 5) is 30.9. The fourth-order valence-electron chi connectivity index (χ4n) is 1.02. The van der Waals surface area contributed by atoms with Crippen LogP contribution >= 0.6 is 0 Å². The summed E-state index contributed by atoms with van der Waals surface area (Å²) in [6.07, 6.45) is -5.08. The zero-order valence-corrected chi connectivity index (χ0v) is 11.3. The summed E-state index contributed by atoms with van der Waals surface area (Å²) in [6.45, 7) is -0.0707. The number of carboxylic acids is 1. The number of halogens is 3. The van der Waals surface area contributed by atoms with Gasteiger partial charge in [0.1, 0.15) is 0 Å². The van der Waals surface area contributed by atoms with Gasteiger partial charge in [-0.1, -0.05) is 0 Å². The minimum atomic E-state index is -5.08. The fraction of sp³-hybridized carbons (Fsp3) is 0.250. The number of ether oxygens (including phenoxy) is 1. The van der Waals surface area contributed by atoms with Crippen molar-refractivity contribution in [2.45, 2.75) is 6.18 Å².